The zero-order valence-corrected chi connectivity index (χ0v) is 10.1. The van der Waals surface area contributed by atoms with Crippen LogP contribution in [0.3, 0.4) is 0 Å². The van der Waals surface area contributed by atoms with Crippen LogP contribution < -0.4 is 4.74 Å². The number of phenolic OH excluding ortho intramolecular Hbond substituents is 1. The van der Waals surface area contributed by atoms with E-state index in [9.17, 15) is 0 Å². The summed E-state index contributed by atoms with van der Waals surface area (Å²) in [5.74, 6) is 1.23. The minimum atomic E-state index is 0.322. The molecule has 0 radical (unpaired) electrons. The zero-order chi connectivity index (χ0) is 12.9. The summed E-state index contributed by atoms with van der Waals surface area (Å²) < 4.78 is 4.91. The van der Waals surface area contributed by atoms with E-state index in [4.69, 9.17) is 14.9 Å². The molecule has 0 heterocycles. The van der Waals surface area contributed by atoms with Gasteiger partial charge in [-0.05, 0) is 24.3 Å². The molecule has 2 aromatic rings. The average molecular weight is 234 g/mol. The summed E-state index contributed by atoms with van der Waals surface area (Å²) in [7, 11) is 2.66. The van der Waals surface area contributed by atoms with Gasteiger partial charge in [-0.1, -0.05) is 36.4 Å². The molecule has 0 spiro atoms. The van der Waals surface area contributed by atoms with E-state index in [0.717, 1.165) is 12.9 Å². The maximum absolute atomic E-state index is 8.63. The van der Waals surface area contributed by atoms with Crippen LogP contribution in [-0.2, 0) is 0 Å². The minimum absolute atomic E-state index is 0.322. The first-order valence-electron chi connectivity index (χ1n) is 5.10. The highest BCUT2D eigenvalue weighted by Crippen LogP contribution is 2.05. The highest BCUT2D eigenvalue weighted by molar-refractivity contribution is 5.20. The van der Waals surface area contributed by atoms with Gasteiger partial charge in [0.1, 0.15) is 11.5 Å². The summed E-state index contributed by atoms with van der Waals surface area (Å²) in [6.07, 6.45) is 0. The van der Waals surface area contributed by atoms with Crippen LogP contribution in [0.4, 0.5) is 0 Å². The Morgan fingerprint density at radius 3 is 1.41 bits per heavy atom. The Hall–Kier alpha value is -2.00. The number of benzene rings is 2. The number of aromatic hydroxyl groups is 1. The Labute approximate surface area is 102 Å². The number of aliphatic hydroxyl groups excluding tert-OH is 1. The molecular weight excluding hydrogens is 216 g/mol. The van der Waals surface area contributed by atoms with Crippen molar-refractivity contribution in [2.45, 2.75) is 0 Å². The van der Waals surface area contributed by atoms with Crippen molar-refractivity contribution in [1.82, 2.24) is 0 Å². The lowest BCUT2D eigenvalue weighted by atomic mass is 10.3. The standard InChI is InChI=1S/C7H8O.C6H6O.CH4O/c1-8-7-5-3-2-4-6-7;7-6-4-2-1-3-5-6;1-2/h2-6H,1H3;1-5,7H;2H,1H3. The lowest BCUT2D eigenvalue weighted by molar-refractivity contribution is 0.399. The van der Waals surface area contributed by atoms with Gasteiger partial charge < -0.3 is 14.9 Å². The second-order valence-corrected chi connectivity index (χ2v) is 2.85. The molecule has 2 aromatic carbocycles. The van der Waals surface area contributed by atoms with E-state index < -0.39 is 0 Å². The fraction of sp³-hybridized carbons (Fsp3) is 0.143. The van der Waals surface area contributed by atoms with Gasteiger partial charge in [-0.2, -0.15) is 0 Å². The van der Waals surface area contributed by atoms with Gasteiger partial charge in [0.05, 0.1) is 7.11 Å². The molecule has 0 atom stereocenters. The van der Waals surface area contributed by atoms with E-state index in [1.165, 1.54) is 0 Å². The molecular formula is C14H18O3. The average Bonchev–Trinajstić information content (AvgIpc) is 2.43. The highest BCUT2D eigenvalue weighted by atomic mass is 16.5. The van der Waals surface area contributed by atoms with Crippen LogP contribution in [0.1, 0.15) is 0 Å². The van der Waals surface area contributed by atoms with E-state index in [1.54, 1.807) is 31.4 Å². The number of rotatable bonds is 1. The van der Waals surface area contributed by atoms with Gasteiger partial charge in [0.15, 0.2) is 0 Å². The molecule has 0 amide bonds. The van der Waals surface area contributed by atoms with Crippen molar-refractivity contribution in [3.05, 3.63) is 60.7 Å². The number of ether oxygens (including phenoxy) is 1. The maximum atomic E-state index is 8.63. The van der Waals surface area contributed by atoms with E-state index in [0.29, 0.717) is 5.75 Å². The molecule has 3 nitrogen and oxygen atoms in total. The molecule has 0 aliphatic carbocycles. The molecule has 2 rings (SSSR count). The van der Waals surface area contributed by atoms with Crippen LogP contribution in [0.15, 0.2) is 60.7 Å². The van der Waals surface area contributed by atoms with Crippen LogP contribution in [0.5, 0.6) is 11.5 Å². The fourth-order valence-corrected chi connectivity index (χ4v) is 0.985. The van der Waals surface area contributed by atoms with Crippen molar-refractivity contribution < 1.29 is 14.9 Å². The molecule has 17 heavy (non-hydrogen) atoms. The molecule has 0 aliphatic rings. The smallest absolute Gasteiger partial charge is 0.118 e. The van der Waals surface area contributed by atoms with Gasteiger partial charge in [-0.25, -0.2) is 0 Å². The summed E-state index contributed by atoms with van der Waals surface area (Å²) in [5.41, 5.74) is 0. The molecule has 3 heteroatoms. The SMILES string of the molecule is CO.COc1ccccc1.Oc1ccccc1. The van der Waals surface area contributed by atoms with E-state index in [1.807, 2.05) is 36.4 Å². The number of methoxy groups -OCH3 is 1. The number of para-hydroxylation sites is 2. The summed E-state index contributed by atoms with van der Waals surface area (Å²) in [4.78, 5) is 0. The molecule has 0 aromatic heterocycles. The Bertz CT molecular complexity index is 360. The van der Waals surface area contributed by atoms with Gasteiger partial charge in [-0.3, -0.25) is 0 Å². The lowest BCUT2D eigenvalue weighted by Gasteiger charge is -1.93. The van der Waals surface area contributed by atoms with Crippen molar-refractivity contribution in [3.63, 3.8) is 0 Å². The summed E-state index contributed by atoms with van der Waals surface area (Å²) in [6, 6.07) is 18.4. The topological polar surface area (TPSA) is 49.7 Å². The van der Waals surface area contributed by atoms with E-state index >= 15 is 0 Å². The molecule has 0 saturated heterocycles. The summed E-state index contributed by atoms with van der Waals surface area (Å²) in [6.45, 7) is 0. The predicted octanol–water partition coefficient (Wildman–Crippen LogP) is 2.70. The molecule has 0 saturated carbocycles. The normalized spacial score (nSPS) is 7.94. The van der Waals surface area contributed by atoms with Crippen LogP contribution in [-0.4, -0.2) is 24.4 Å². The predicted molar refractivity (Wildman–Crippen MR) is 69.2 cm³/mol. The van der Waals surface area contributed by atoms with Gasteiger partial charge in [0.25, 0.3) is 0 Å². The maximum Gasteiger partial charge on any atom is 0.118 e. The van der Waals surface area contributed by atoms with Gasteiger partial charge in [-0.15, -0.1) is 0 Å². The Morgan fingerprint density at radius 2 is 1.18 bits per heavy atom. The summed E-state index contributed by atoms with van der Waals surface area (Å²) in [5, 5.41) is 15.6. The lowest BCUT2D eigenvalue weighted by Crippen LogP contribution is -1.78. The number of phenols is 1. The van der Waals surface area contributed by atoms with E-state index in [-0.39, 0.29) is 0 Å². The Kier molecular flexibility index (Phi) is 9.28. The van der Waals surface area contributed by atoms with Gasteiger partial charge in [0, 0.05) is 7.11 Å². The van der Waals surface area contributed by atoms with Crippen molar-refractivity contribution in [2.24, 2.45) is 0 Å². The van der Waals surface area contributed by atoms with Crippen LogP contribution in [0.25, 0.3) is 0 Å². The van der Waals surface area contributed by atoms with Crippen LogP contribution in [0.2, 0.25) is 0 Å². The molecule has 92 valence electrons. The highest BCUT2D eigenvalue weighted by Gasteiger charge is 1.80. The molecule has 0 aliphatic heterocycles. The number of hydrogen-bond acceptors (Lipinski definition) is 3. The first kappa shape index (κ1) is 15.0. The van der Waals surface area contributed by atoms with Crippen molar-refractivity contribution in [3.8, 4) is 11.5 Å². The largest absolute Gasteiger partial charge is 0.508 e. The molecule has 2 N–H and O–H groups in total. The third-order valence-electron chi connectivity index (χ3n) is 1.74. The van der Waals surface area contributed by atoms with Crippen molar-refractivity contribution in [1.29, 1.82) is 0 Å². The second kappa shape index (κ2) is 10.5. The first-order valence-corrected chi connectivity index (χ1v) is 5.10. The zero-order valence-electron chi connectivity index (χ0n) is 10.1. The third kappa shape index (κ3) is 7.88. The molecule has 0 bridgehead atoms. The quantitative estimate of drug-likeness (QED) is 0.797. The Morgan fingerprint density at radius 1 is 0.765 bits per heavy atom. The van der Waals surface area contributed by atoms with Crippen LogP contribution in [0, 0.1) is 0 Å². The minimum Gasteiger partial charge on any atom is -0.508 e. The first-order chi connectivity index (χ1) is 8.33. The number of hydrogen-bond donors (Lipinski definition) is 2. The Balaban J connectivity index is 0.000000265. The van der Waals surface area contributed by atoms with Crippen molar-refractivity contribution in [2.75, 3.05) is 14.2 Å². The molecule has 0 unspecified atom stereocenters. The van der Waals surface area contributed by atoms with Crippen molar-refractivity contribution >= 4 is 0 Å². The molecule has 0 fully saturated rings. The van der Waals surface area contributed by atoms with Gasteiger partial charge in [0.2, 0.25) is 0 Å². The second-order valence-electron chi connectivity index (χ2n) is 2.85. The number of aliphatic hydroxyl groups is 1. The monoisotopic (exact) mass is 234 g/mol. The van der Waals surface area contributed by atoms with Gasteiger partial charge >= 0.3 is 0 Å². The third-order valence-corrected chi connectivity index (χ3v) is 1.74. The summed E-state index contributed by atoms with van der Waals surface area (Å²) >= 11 is 0. The van der Waals surface area contributed by atoms with E-state index in [2.05, 4.69) is 0 Å². The van der Waals surface area contributed by atoms with Crippen LogP contribution >= 0.6 is 0 Å². The fourth-order valence-electron chi connectivity index (χ4n) is 0.985.